The number of hydrogen-bond donors (Lipinski definition) is 0. The molecule has 7 nitrogen and oxygen atoms in total. The zero-order valence-electron chi connectivity index (χ0n) is 26.9. The van der Waals surface area contributed by atoms with Gasteiger partial charge in [-0.1, -0.05) is 103 Å². The Kier molecular flexibility index (Phi) is 5.83. The molecule has 7 heteroatoms. The SMILES string of the molecule is c1ccc(-c2nc(-c3ccc4c(c3)oc3ccccc34)nc(-c3cc4nc(-c5ccc6ccccc6c5)oc4c4c3oc3ccccc34)n2)cc1. The van der Waals surface area contributed by atoms with Gasteiger partial charge in [0.05, 0.1) is 10.9 Å². The maximum atomic E-state index is 6.60. The van der Waals surface area contributed by atoms with Gasteiger partial charge < -0.3 is 13.3 Å². The van der Waals surface area contributed by atoms with Crippen molar-refractivity contribution in [2.24, 2.45) is 0 Å². The van der Waals surface area contributed by atoms with E-state index in [1.807, 2.05) is 109 Å². The molecule has 4 aromatic heterocycles. The lowest BCUT2D eigenvalue weighted by atomic mass is 10.1. The third-order valence-electron chi connectivity index (χ3n) is 9.54. The lowest BCUT2D eigenvalue weighted by Crippen LogP contribution is -2.00. The highest BCUT2D eigenvalue weighted by molar-refractivity contribution is 6.20. The van der Waals surface area contributed by atoms with Crippen LogP contribution in [0.5, 0.6) is 0 Å². The number of rotatable bonds is 4. The second kappa shape index (κ2) is 10.7. The molecule has 0 amide bonds. The first-order valence-electron chi connectivity index (χ1n) is 16.7. The Balaban J connectivity index is 1.16. The molecule has 0 radical (unpaired) electrons. The fraction of sp³-hybridized carbons (Fsp3) is 0. The van der Waals surface area contributed by atoms with Crippen LogP contribution in [-0.4, -0.2) is 19.9 Å². The molecule has 0 saturated carbocycles. The third-order valence-corrected chi connectivity index (χ3v) is 9.54. The largest absolute Gasteiger partial charge is 0.456 e. The molecular formula is C44H24N4O3. The van der Waals surface area contributed by atoms with Gasteiger partial charge >= 0.3 is 0 Å². The molecule has 4 heterocycles. The van der Waals surface area contributed by atoms with Crippen molar-refractivity contribution < 1.29 is 13.3 Å². The maximum absolute atomic E-state index is 6.60. The minimum atomic E-state index is 0.463. The van der Waals surface area contributed by atoms with Crippen LogP contribution in [0.1, 0.15) is 0 Å². The Labute approximate surface area is 289 Å². The van der Waals surface area contributed by atoms with Gasteiger partial charge in [0.1, 0.15) is 27.8 Å². The monoisotopic (exact) mass is 656 g/mol. The van der Waals surface area contributed by atoms with Crippen LogP contribution >= 0.6 is 0 Å². The summed E-state index contributed by atoms with van der Waals surface area (Å²) in [4.78, 5) is 20.2. The zero-order valence-corrected chi connectivity index (χ0v) is 26.9. The zero-order chi connectivity index (χ0) is 33.5. The normalized spacial score (nSPS) is 11.9. The molecule has 238 valence electrons. The van der Waals surface area contributed by atoms with E-state index in [1.165, 1.54) is 0 Å². The molecule has 0 aliphatic heterocycles. The van der Waals surface area contributed by atoms with Crippen LogP contribution in [0.4, 0.5) is 0 Å². The van der Waals surface area contributed by atoms with Gasteiger partial charge in [0, 0.05) is 32.8 Å². The molecule has 0 unspecified atom stereocenters. The summed E-state index contributed by atoms with van der Waals surface area (Å²) in [6.45, 7) is 0. The summed E-state index contributed by atoms with van der Waals surface area (Å²) in [5.41, 5.74) is 7.54. The lowest BCUT2D eigenvalue weighted by molar-refractivity contribution is 0.622. The molecule has 0 aliphatic carbocycles. The maximum Gasteiger partial charge on any atom is 0.227 e. The smallest absolute Gasteiger partial charge is 0.227 e. The predicted octanol–water partition coefficient (Wildman–Crippen LogP) is 11.6. The second-order valence-electron chi connectivity index (χ2n) is 12.6. The minimum Gasteiger partial charge on any atom is -0.456 e. The Morgan fingerprint density at radius 3 is 1.90 bits per heavy atom. The number of hydrogen-bond acceptors (Lipinski definition) is 7. The Hall–Kier alpha value is -7.12. The van der Waals surface area contributed by atoms with Crippen LogP contribution in [0, 0.1) is 0 Å². The van der Waals surface area contributed by atoms with Gasteiger partial charge in [-0.2, -0.15) is 0 Å². The molecule has 11 rings (SSSR count). The topological polar surface area (TPSA) is 91.0 Å². The molecule has 0 bridgehead atoms. The van der Waals surface area contributed by atoms with E-state index in [4.69, 9.17) is 33.2 Å². The van der Waals surface area contributed by atoms with E-state index in [9.17, 15) is 0 Å². The van der Waals surface area contributed by atoms with Crippen molar-refractivity contribution >= 4 is 65.7 Å². The number of para-hydroxylation sites is 2. The van der Waals surface area contributed by atoms with Crippen LogP contribution in [0.15, 0.2) is 159 Å². The molecule has 0 saturated heterocycles. The Bertz CT molecular complexity index is 3160. The summed E-state index contributed by atoms with van der Waals surface area (Å²) in [5.74, 6) is 2.05. The highest BCUT2D eigenvalue weighted by Gasteiger charge is 2.24. The van der Waals surface area contributed by atoms with Crippen molar-refractivity contribution in [1.29, 1.82) is 0 Å². The molecular weight excluding hydrogens is 633 g/mol. The average molecular weight is 657 g/mol. The van der Waals surface area contributed by atoms with Gasteiger partial charge in [-0.05, 0) is 53.2 Å². The Morgan fingerprint density at radius 1 is 0.373 bits per heavy atom. The Morgan fingerprint density at radius 2 is 1.04 bits per heavy atom. The van der Waals surface area contributed by atoms with Gasteiger partial charge in [-0.3, -0.25) is 0 Å². The molecule has 0 atom stereocenters. The van der Waals surface area contributed by atoms with Crippen molar-refractivity contribution in [3.05, 3.63) is 146 Å². The van der Waals surface area contributed by atoms with E-state index in [2.05, 4.69) is 36.4 Å². The molecule has 51 heavy (non-hydrogen) atoms. The standard InChI is InChI=1S/C44H24N4O3/c1-2-11-26(12-3-1)41-46-42(28-20-21-31-30-14-6-8-16-35(30)49-37(31)23-28)48-43(47-41)33-24-34-40(38-32-15-7-9-17-36(32)50-39(33)38)51-44(45-34)29-19-18-25-10-4-5-13-27(25)22-29/h1-24H. The summed E-state index contributed by atoms with van der Waals surface area (Å²) < 4.78 is 19.4. The fourth-order valence-electron chi connectivity index (χ4n) is 7.09. The summed E-state index contributed by atoms with van der Waals surface area (Å²) in [6.07, 6.45) is 0. The van der Waals surface area contributed by atoms with E-state index < -0.39 is 0 Å². The quantitative estimate of drug-likeness (QED) is 0.186. The number of oxazole rings is 1. The second-order valence-corrected chi connectivity index (χ2v) is 12.6. The van der Waals surface area contributed by atoms with E-state index in [0.717, 1.165) is 65.8 Å². The first kappa shape index (κ1) is 27.8. The van der Waals surface area contributed by atoms with E-state index in [0.29, 0.717) is 45.6 Å². The van der Waals surface area contributed by atoms with Gasteiger partial charge in [-0.25, -0.2) is 19.9 Å². The van der Waals surface area contributed by atoms with Crippen LogP contribution in [-0.2, 0) is 0 Å². The minimum absolute atomic E-state index is 0.463. The fourth-order valence-corrected chi connectivity index (χ4v) is 7.09. The molecule has 0 spiro atoms. The van der Waals surface area contributed by atoms with E-state index in [-0.39, 0.29) is 0 Å². The van der Waals surface area contributed by atoms with Crippen molar-refractivity contribution in [2.45, 2.75) is 0 Å². The van der Waals surface area contributed by atoms with Gasteiger partial charge in [-0.15, -0.1) is 0 Å². The van der Waals surface area contributed by atoms with E-state index in [1.54, 1.807) is 0 Å². The summed E-state index contributed by atoms with van der Waals surface area (Å²) in [7, 11) is 0. The summed E-state index contributed by atoms with van der Waals surface area (Å²) in [5, 5.41) is 6.12. The van der Waals surface area contributed by atoms with Crippen LogP contribution in [0.3, 0.4) is 0 Å². The van der Waals surface area contributed by atoms with Crippen LogP contribution in [0.2, 0.25) is 0 Å². The first-order chi connectivity index (χ1) is 25.2. The summed E-state index contributed by atoms with van der Waals surface area (Å²) in [6, 6.07) is 48.5. The summed E-state index contributed by atoms with van der Waals surface area (Å²) >= 11 is 0. The number of fused-ring (bicyclic) bond motifs is 9. The van der Waals surface area contributed by atoms with Crippen LogP contribution < -0.4 is 0 Å². The average Bonchev–Trinajstić information content (AvgIpc) is 3.90. The number of nitrogens with zero attached hydrogens (tertiary/aromatic N) is 4. The van der Waals surface area contributed by atoms with Crippen LogP contribution in [0.25, 0.3) is 111 Å². The van der Waals surface area contributed by atoms with E-state index >= 15 is 0 Å². The predicted molar refractivity (Wildman–Crippen MR) is 201 cm³/mol. The van der Waals surface area contributed by atoms with Crippen molar-refractivity contribution in [1.82, 2.24) is 19.9 Å². The van der Waals surface area contributed by atoms with Crippen molar-refractivity contribution in [2.75, 3.05) is 0 Å². The number of furan rings is 2. The highest BCUT2D eigenvalue weighted by Crippen LogP contribution is 2.42. The van der Waals surface area contributed by atoms with Gasteiger partial charge in [0.25, 0.3) is 0 Å². The van der Waals surface area contributed by atoms with Crippen molar-refractivity contribution in [3.63, 3.8) is 0 Å². The molecule has 11 aromatic rings. The first-order valence-corrected chi connectivity index (χ1v) is 16.7. The number of benzene rings is 7. The van der Waals surface area contributed by atoms with Gasteiger partial charge in [0.2, 0.25) is 5.89 Å². The molecule has 0 N–H and O–H groups in total. The molecule has 0 fully saturated rings. The van der Waals surface area contributed by atoms with Gasteiger partial charge in [0.15, 0.2) is 23.1 Å². The third kappa shape index (κ3) is 4.38. The number of aromatic nitrogens is 4. The van der Waals surface area contributed by atoms with Crippen molar-refractivity contribution in [3.8, 4) is 45.6 Å². The lowest BCUT2D eigenvalue weighted by Gasteiger charge is -2.09. The molecule has 0 aliphatic rings. The molecule has 7 aromatic carbocycles. The highest BCUT2D eigenvalue weighted by atomic mass is 16.4.